The molecular formula is C29H26F5N5O4. The van der Waals surface area contributed by atoms with Crippen molar-refractivity contribution in [2.45, 2.75) is 44.4 Å². The van der Waals surface area contributed by atoms with Gasteiger partial charge in [0, 0.05) is 28.7 Å². The molecule has 1 amide bonds. The zero-order chi connectivity index (χ0) is 31.1. The van der Waals surface area contributed by atoms with E-state index in [0.29, 0.717) is 34.3 Å². The molecule has 0 atom stereocenters. The normalized spacial score (nSPS) is 13.8. The van der Waals surface area contributed by atoms with Gasteiger partial charge in [0.15, 0.2) is 5.65 Å². The quantitative estimate of drug-likeness (QED) is 0.258. The summed E-state index contributed by atoms with van der Waals surface area (Å²) < 4.78 is 71.4. The van der Waals surface area contributed by atoms with Crippen LogP contribution >= 0.6 is 0 Å². The zero-order valence-corrected chi connectivity index (χ0v) is 22.7. The van der Waals surface area contributed by atoms with Crippen molar-refractivity contribution in [2.24, 2.45) is 0 Å². The van der Waals surface area contributed by atoms with Gasteiger partial charge in [-0.05, 0) is 62.1 Å². The lowest BCUT2D eigenvalue weighted by Gasteiger charge is -2.38. The van der Waals surface area contributed by atoms with E-state index >= 15 is 0 Å². The lowest BCUT2D eigenvalue weighted by Crippen LogP contribution is -2.50. The van der Waals surface area contributed by atoms with Gasteiger partial charge in [-0.1, -0.05) is 12.1 Å². The Morgan fingerprint density at radius 2 is 1.74 bits per heavy atom. The van der Waals surface area contributed by atoms with Crippen molar-refractivity contribution >= 4 is 28.6 Å². The summed E-state index contributed by atoms with van der Waals surface area (Å²) in [6, 6.07) is 8.03. The Morgan fingerprint density at radius 3 is 2.33 bits per heavy atom. The van der Waals surface area contributed by atoms with Gasteiger partial charge in [0.05, 0.1) is 24.9 Å². The number of para-hydroxylation sites is 1. The van der Waals surface area contributed by atoms with Crippen molar-refractivity contribution in [1.82, 2.24) is 14.5 Å². The van der Waals surface area contributed by atoms with Gasteiger partial charge < -0.3 is 20.4 Å². The number of fused-ring (bicyclic) bond motifs is 1. The summed E-state index contributed by atoms with van der Waals surface area (Å²) in [4.78, 5) is 35.0. The zero-order valence-electron chi connectivity index (χ0n) is 22.7. The van der Waals surface area contributed by atoms with Crippen LogP contribution in [0.25, 0.3) is 28.0 Å². The Bertz CT molecular complexity index is 1730. The number of aromatic nitrogens is 3. The fourth-order valence-electron chi connectivity index (χ4n) is 4.93. The second-order valence-electron chi connectivity index (χ2n) is 10.2. The van der Waals surface area contributed by atoms with Crippen LogP contribution in [0.5, 0.6) is 0 Å². The average molecular weight is 604 g/mol. The molecule has 1 aliphatic carbocycles. The van der Waals surface area contributed by atoms with E-state index in [2.05, 4.69) is 15.3 Å². The molecule has 43 heavy (non-hydrogen) atoms. The number of benzene rings is 2. The van der Waals surface area contributed by atoms with E-state index in [1.54, 1.807) is 6.92 Å². The maximum absolute atomic E-state index is 14.9. The average Bonchev–Trinajstić information content (AvgIpc) is 2.93. The highest BCUT2D eigenvalue weighted by atomic mass is 19.4. The van der Waals surface area contributed by atoms with E-state index < -0.39 is 60.3 Å². The van der Waals surface area contributed by atoms with Gasteiger partial charge in [-0.3, -0.25) is 14.2 Å². The minimum atomic E-state index is -5.12. The number of rotatable bonds is 8. The summed E-state index contributed by atoms with van der Waals surface area (Å²) in [5.41, 5.74) is -1.04. The van der Waals surface area contributed by atoms with Gasteiger partial charge in [-0.25, -0.2) is 13.8 Å². The van der Waals surface area contributed by atoms with Crippen LogP contribution in [-0.2, 0) is 4.79 Å². The first-order valence-corrected chi connectivity index (χ1v) is 13.3. The van der Waals surface area contributed by atoms with Crippen molar-refractivity contribution in [3.63, 3.8) is 0 Å². The Morgan fingerprint density at radius 1 is 1.07 bits per heavy atom. The number of nitrogens with one attached hydrogen (secondary N) is 1. The number of pyridine rings is 1. The number of carbonyl (C=O) groups is 1. The molecule has 0 unspecified atom stereocenters. The first-order chi connectivity index (χ1) is 20.4. The monoisotopic (exact) mass is 603 g/mol. The second kappa shape index (κ2) is 11.7. The molecule has 0 aliphatic heterocycles. The number of hydrogen-bond donors (Lipinski definition) is 3. The summed E-state index contributed by atoms with van der Waals surface area (Å²) in [7, 11) is 0. The Labute approximate surface area is 241 Å². The van der Waals surface area contributed by atoms with Crippen LogP contribution in [0.4, 0.5) is 33.6 Å². The Hall–Kier alpha value is -4.43. The van der Waals surface area contributed by atoms with E-state index in [9.17, 15) is 41.8 Å². The first kappa shape index (κ1) is 30.0. The maximum atomic E-state index is 14.9. The SMILES string of the molecule is Cc1ccc(N(C(=O)C(F)(F)F)C2CCC2)cc1-c1nc(NC(CO)CO)nc2c1ccc(=O)n2-c1c(F)cccc1F. The molecule has 0 bridgehead atoms. The number of alkyl halides is 3. The standard InChI is InChI=1S/C29H26F5N5O4/c1-15-8-9-18(38(17-4-2-5-17)27(43)29(32,33)34)12-20(15)24-19-10-11-23(42)39(25-21(30)6-3-7-22(25)31)26(19)37-28(36-24)35-16(13-40)14-41/h3,6-12,16-17,40-41H,2,4-5,13-14H2,1H3,(H,35,36,37). The molecule has 2 aromatic carbocycles. The van der Waals surface area contributed by atoms with E-state index in [0.717, 1.165) is 24.3 Å². The van der Waals surface area contributed by atoms with Gasteiger partial charge in [0.2, 0.25) is 5.95 Å². The van der Waals surface area contributed by atoms with Crippen LogP contribution in [-0.4, -0.2) is 62.1 Å². The largest absolute Gasteiger partial charge is 0.471 e. The van der Waals surface area contributed by atoms with Crippen molar-refractivity contribution in [3.05, 3.63) is 76.1 Å². The number of aliphatic hydroxyl groups excluding tert-OH is 2. The van der Waals surface area contributed by atoms with Crippen LogP contribution in [0, 0.1) is 18.6 Å². The number of amides is 1. The molecule has 2 aromatic heterocycles. The fourth-order valence-corrected chi connectivity index (χ4v) is 4.93. The fraction of sp³-hybridized carbons (Fsp3) is 0.310. The summed E-state index contributed by atoms with van der Waals surface area (Å²) in [6.07, 6.45) is -3.68. The smallest absolute Gasteiger partial charge is 0.394 e. The lowest BCUT2D eigenvalue weighted by molar-refractivity contribution is -0.171. The number of aryl methyl sites for hydroxylation is 1. The van der Waals surface area contributed by atoms with E-state index in [-0.39, 0.29) is 33.9 Å². The molecule has 14 heteroatoms. The molecule has 0 saturated heterocycles. The number of hydrogen-bond acceptors (Lipinski definition) is 7. The maximum Gasteiger partial charge on any atom is 0.471 e. The van der Waals surface area contributed by atoms with E-state index in [1.807, 2.05) is 0 Å². The minimum Gasteiger partial charge on any atom is -0.394 e. The van der Waals surface area contributed by atoms with Gasteiger partial charge in [0.25, 0.3) is 5.56 Å². The summed E-state index contributed by atoms with van der Waals surface area (Å²) in [5, 5.41) is 22.0. The third-order valence-electron chi connectivity index (χ3n) is 7.34. The molecule has 1 fully saturated rings. The number of halogens is 5. The van der Waals surface area contributed by atoms with Gasteiger partial charge >= 0.3 is 12.1 Å². The van der Waals surface area contributed by atoms with Crippen molar-refractivity contribution in [3.8, 4) is 16.9 Å². The molecule has 9 nitrogen and oxygen atoms in total. The van der Waals surface area contributed by atoms with Crippen LogP contribution in [0.15, 0.2) is 53.3 Å². The van der Waals surface area contributed by atoms with Gasteiger partial charge in [-0.15, -0.1) is 0 Å². The highest BCUT2D eigenvalue weighted by Crippen LogP contribution is 2.38. The molecule has 5 rings (SSSR count). The summed E-state index contributed by atoms with van der Waals surface area (Å²) in [5.74, 6) is -4.39. The topological polar surface area (TPSA) is 121 Å². The number of nitrogens with zero attached hydrogens (tertiary/aromatic N) is 4. The predicted molar refractivity (Wildman–Crippen MR) is 148 cm³/mol. The minimum absolute atomic E-state index is 0.0361. The number of aliphatic hydroxyl groups is 2. The van der Waals surface area contributed by atoms with Crippen LogP contribution < -0.4 is 15.8 Å². The van der Waals surface area contributed by atoms with Crippen LogP contribution in [0.2, 0.25) is 0 Å². The van der Waals surface area contributed by atoms with E-state index in [4.69, 9.17) is 0 Å². The molecule has 2 heterocycles. The molecule has 4 aromatic rings. The Kier molecular flexibility index (Phi) is 8.16. The third kappa shape index (κ3) is 5.67. The molecule has 226 valence electrons. The predicted octanol–water partition coefficient (Wildman–Crippen LogP) is 4.25. The molecular weight excluding hydrogens is 577 g/mol. The van der Waals surface area contributed by atoms with Crippen molar-refractivity contribution < 1.29 is 37.0 Å². The van der Waals surface area contributed by atoms with Crippen LogP contribution in [0.1, 0.15) is 24.8 Å². The highest BCUT2D eigenvalue weighted by Gasteiger charge is 2.46. The van der Waals surface area contributed by atoms with Crippen molar-refractivity contribution in [1.29, 1.82) is 0 Å². The second-order valence-corrected chi connectivity index (χ2v) is 10.2. The summed E-state index contributed by atoms with van der Waals surface area (Å²) in [6.45, 7) is 0.540. The molecule has 0 spiro atoms. The van der Waals surface area contributed by atoms with Gasteiger partial charge in [0.1, 0.15) is 17.3 Å². The molecule has 0 radical (unpaired) electrons. The van der Waals surface area contributed by atoms with E-state index in [1.165, 1.54) is 24.3 Å². The highest BCUT2D eigenvalue weighted by molar-refractivity contribution is 6.00. The molecule has 1 aliphatic rings. The Balaban J connectivity index is 1.80. The van der Waals surface area contributed by atoms with Gasteiger partial charge in [-0.2, -0.15) is 18.2 Å². The number of anilines is 2. The number of carbonyl (C=O) groups excluding carboxylic acids is 1. The molecule has 1 saturated carbocycles. The van der Waals surface area contributed by atoms with Crippen molar-refractivity contribution in [2.75, 3.05) is 23.4 Å². The lowest BCUT2D eigenvalue weighted by atomic mass is 9.90. The molecule has 3 N–H and O–H groups in total. The summed E-state index contributed by atoms with van der Waals surface area (Å²) >= 11 is 0. The third-order valence-corrected chi connectivity index (χ3v) is 7.34. The van der Waals surface area contributed by atoms with Crippen LogP contribution in [0.3, 0.4) is 0 Å². The first-order valence-electron chi connectivity index (χ1n) is 13.3.